The highest BCUT2D eigenvalue weighted by molar-refractivity contribution is 6.31. The number of halogens is 1. The van der Waals surface area contributed by atoms with Crippen molar-refractivity contribution in [2.45, 2.75) is 26.3 Å². The summed E-state index contributed by atoms with van der Waals surface area (Å²) in [6.45, 7) is 3.04. The highest BCUT2D eigenvalue weighted by atomic mass is 35.5. The van der Waals surface area contributed by atoms with Gasteiger partial charge in [0, 0.05) is 23.7 Å². The van der Waals surface area contributed by atoms with E-state index in [0.717, 1.165) is 30.7 Å². The topological polar surface area (TPSA) is 68.2 Å². The average molecular weight is 449 g/mol. The molecule has 0 aliphatic heterocycles. The monoisotopic (exact) mass is 448 g/mol. The summed E-state index contributed by atoms with van der Waals surface area (Å²) >= 11 is 6.02. The van der Waals surface area contributed by atoms with Crippen molar-refractivity contribution in [2.75, 3.05) is 17.7 Å². The Kier molecular flexibility index (Phi) is 6.61. The van der Waals surface area contributed by atoms with Crippen LogP contribution in [0.4, 0.5) is 16.2 Å². The number of ether oxygens (including phenoxy) is 1. The van der Waals surface area contributed by atoms with Gasteiger partial charge in [0.2, 0.25) is 0 Å². The van der Waals surface area contributed by atoms with Gasteiger partial charge in [-0.3, -0.25) is 0 Å². The molecule has 0 radical (unpaired) electrons. The summed E-state index contributed by atoms with van der Waals surface area (Å²) in [6.07, 6.45) is 1.72. The van der Waals surface area contributed by atoms with Crippen LogP contribution < -0.4 is 15.4 Å². The number of para-hydroxylation sites is 2. The number of benzene rings is 3. The summed E-state index contributed by atoms with van der Waals surface area (Å²) in [5, 5.41) is 6.12. The summed E-state index contributed by atoms with van der Waals surface area (Å²) in [5.74, 6) is 1.63. The number of methoxy groups -OCH3 is 1. The van der Waals surface area contributed by atoms with Crippen molar-refractivity contribution in [3.8, 4) is 5.75 Å². The molecule has 1 heterocycles. The van der Waals surface area contributed by atoms with E-state index in [1.54, 1.807) is 25.3 Å². The highest BCUT2D eigenvalue weighted by Gasteiger charge is 2.10. The normalized spacial score (nSPS) is 10.8. The predicted molar refractivity (Wildman–Crippen MR) is 130 cm³/mol. The molecule has 32 heavy (non-hydrogen) atoms. The first-order valence-corrected chi connectivity index (χ1v) is 10.9. The molecule has 0 unspecified atom stereocenters. The Labute approximate surface area is 192 Å². The Morgan fingerprint density at radius 2 is 1.81 bits per heavy atom. The summed E-state index contributed by atoms with van der Waals surface area (Å²) < 4.78 is 7.52. The maximum absolute atomic E-state index is 12.4. The molecular weight excluding hydrogens is 424 g/mol. The molecule has 0 atom stereocenters. The highest BCUT2D eigenvalue weighted by Crippen LogP contribution is 2.28. The number of hydrogen-bond donors (Lipinski definition) is 2. The van der Waals surface area contributed by atoms with E-state index >= 15 is 0 Å². The minimum absolute atomic E-state index is 0.366. The number of nitrogens with one attached hydrogen (secondary N) is 2. The van der Waals surface area contributed by atoms with Crippen molar-refractivity contribution in [2.24, 2.45) is 0 Å². The van der Waals surface area contributed by atoms with Gasteiger partial charge in [-0.15, -0.1) is 0 Å². The molecule has 0 saturated heterocycles. The van der Waals surface area contributed by atoms with Gasteiger partial charge in [-0.2, -0.15) is 0 Å². The second kappa shape index (κ2) is 9.75. The molecular formula is C25H25ClN4O2. The van der Waals surface area contributed by atoms with E-state index in [0.29, 0.717) is 22.1 Å². The van der Waals surface area contributed by atoms with E-state index in [1.807, 2.05) is 36.4 Å². The van der Waals surface area contributed by atoms with Gasteiger partial charge in [-0.25, -0.2) is 9.78 Å². The lowest BCUT2D eigenvalue weighted by atomic mass is 10.1. The Bertz CT molecular complexity index is 1230. The summed E-state index contributed by atoms with van der Waals surface area (Å²) in [4.78, 5) is 17.2. The van der Waals surface area contributed by atoms with Crippen molar-refractivity contribution < 1.29 is 9.53 Å². The molecule has 0 aliphatic rings. The van der Waals surface area contributed by atoms with Gasteiger partial charge in [0.15, 0.2) is 0 Å². The van der Waals surface area contributed by atoms with Crippen LogP contribution in [0, 0.1) is 0 Å². The summed E-state index contributed by atoms with van der Waals surface area (Å²) in [7, 11) is 1.54. The van der Waals surface area contributed by atoms with Crippen LogP contribution >= 0.6 is 11.6 Å². The number of aryl methyl sites for hydroxylation is 3. The van der Waals surface area contributed by atoms with Crippen molar-refractivity contribution in [3.63, 3.8) is 0 Å². The maximum atomic E-state index is 12.4. The van der Waals surface area contributed by atoms with E-state index in [2.05, 4.69) is 34.3 Å². The van der Waals surface area contributed by atoms with Crippen molar-refractivity contribution in [3.05, 3.63) is 83.1 Å². The minimum atomic E-state index is -0.366. The fourth-order valence-corrected chi connectivity index (χ4v) is 3.91. The molecule has 4 rings (SSSR count). The molecule has 2 N–H and O–H groups in total. The molecule has 0 fully saturated rings. The number of aromatic nitrogens is 2. The van der Waals surface area contributed by atoms with Gasteiger partial charge in [0.25, 0.3) is 0 Å². The van der Waals surface area contributed by atoms with Gasteiger partial charge < -0.3 is 19.9 Å². The molecule has 1 aromatic heterocycles. The number of imidazole rings is 1. The van der Waals surface area contributed by atoms with Crippen LogP contribution in [0.2, 0.25) is 5.02 Å². The van der Waals surface area contributed by atoms with Crippen molar-refractivity contribution in [1.82, 2.24) is 9.55 Å². The smallest absolute Gasteiger partial charge is 0.323 e. The third-order valence-electron chi connectivity index (χ3n) is 5.31. The lowest BCUT2D eigenvalue weighted by molar-refractivity contribution is 0.262. The lowest BCUT2D eigenvalue weighted by Gasteiger charge is -2.12. The van der Waals surface area contributed by atoms with Crippen LogP contribution in [0.15, 0.2) is 66.7 Å². The van der Waals surface area contributed by atoms with E-state index in [-0.39, 0.29) is 6.03 Å². The van der Waals surface area contributed by atoms with Crippen LogP contribution in [0.25, 0.3) is 11.0 Å². The molecule has 164 valence electrons. The predicted octanol–water partition coefficient (Wildman–Crippen LogP) is 6.15. The molecule has 3 aromatic carbocycles. The molecule has 0 spiro atoms. The van der Waals surface area contributed by atoms with Gasteiger partial charge in [-0.1, -0.05) is 35.9 Å². The molecule has 7 heteroatoms. The van der Waals surface area contributed by atoms with Crippen molar-refractivity contribution in [1.29, 1.82) is 0 Å². The van der Waals surface area contributed by atoms with E-state index in [9.17, 15) is 4.79 Å². The van der Waals surface area contributed by atoms with Crippen LogP contribution in [0.3, 0.4) is 0 Å². The number of anilines is 2. The van der Waals surface area contributed by atoms with Crippen LogP contribution in [-0.4, -0.2) is 22.7 Å². The Balaban J connectivity index is 1.37. The first-order valence-electron chi connectivity index (χ1n) is 10.5. The van der Waals surface area contributed by atoms with E-state index in [4.69, 9.17) is 21.3 Å². The van der Waals surface area contributed by atoms with Crippen LogP contribution in [0.5, 0.6) is 5.75 Å². The Morgan fingerprint density at radius 1 is 1.03 bits per heavy atom. The fourth-order valence-electron chi connectivity index (χ4n) is 3.74. The third-order valence-corrected chi connectivity index (χ3v) is 5.54. The second-order valence-corrected chi connectivity index (χ2v) is 7.82. The van der Waals surface area contributed by atoms with Gasteiger partial charge in [0.05, 0.1) is 23.8 Å². The Morgan fingerprint density at radius 3 is 2.56 bits per heavy atom. The quantitative estimate of drug-likeness (QED) is 0.356. The number of nitrogens with zero attached hydrogens (tertiary/aromatic N) is 2. The third kappa shape index (κ3) is 4.86. The molecule has 2 amide bonds. The number of fused-ring (bicyclic) bond motifs is 1. The number of amides is 2. The molecule has 6 nitrogen and oxygen atoms in total. The molecule has 4 aromatic rings. The largest absolute Gasteiger partial charge is 0.495 e. The number of hydrogen-bond acceptors (Lipinski definition) is 3. The Hall–Kier alpha value is -3.51. The van der Waals surface area contributed by atoms with Crippen LogP contribution in [0.1, 0.15) is 18.3 Å². The summed E-state index contributed by atoms with van der Waals surface area (Å²) in [5.41, 5.74) is 4.60. The van der Waals surface area contributed by atoms with E-state index in [1.165, 1.54) is 11.1 Å². The van der Waals surface area contributed by atoms with Crippen LogP contribution in [-0.2, 0) is 19.4 Å². The zero-order chi connectivity index (χ0) is 22.5. The number of urea groups is 1. The second-order valence-electron chi connectivity index (χ2n) is 7.38. The SMILES string of the molecule is CCn1c(CCc2ccc(NC(=O)Nc3cc(Cl)ccc3OC)cc2)nc2ccccc21. The number of rotatable bonds is 7. The zero-order valence-electron chi connectivity index (χ0n) is 18.1. The number of carbonyl (C=O) groups excluding carboxylic acids is 1. The molecule has 0 saturated carbocycles. The first kappa shape index (κ1) is 21.7. The summed E-state index contributed by atoms with van der Waals surface area (Å²) in [6, 6.07) is 20.8. The lowest BCUT2D eigenvalue weighted by Crippen LogP contribution is -2.19. The average Bonchev–Trinajstić information content (AvgIpc) is 3.16. The van der Waals surface area contributed by atoms with Gasteiger partial charge in [0.1, 0.15) is 11.6 Å². The first-order chi connectivity index (χ1) is 15.6. The van der Waals surface area contributed by atoms with E-state index < -0.39 is 0 Å². The fraction of sp³-hybridized carbons (Fsp3) is 0.200. The van der Waals surface area contributed by atoms with Gasteiger partial charge >= 0.3 is 6.03 Å². The molecule has 0 aliphatic carbocycles. The van der Waals surface area contributed by atoms with Crippen molar-refractivity contribution >= 4 is 40.0 Å². The standard InChI is InChI=1S/C25H25ClN4O2/c1-3-30-22-7-5-4-6-20(22)28-24(30)15-10-17-8-12-19(13-9-17)27-25(31)29-21-16-18(26)11-14-23(21)32-2/h4-9,11-14,16H,3,10,15H2,1-2H3,(H2,27,29,31). The minimum Gasteiger partial charge on any atom is -0.495 e. The molecule has 0 bridgehead atoms. The number of carbonyl (C=O) groups is 1. The van der Waals surface area contributed by atoms with Gasteiger partial charge in [-0.05, 0) is 61.4 Å². The maximum Gasteiger partial charge on any atom is 0.323 e. The zero-order valence-corrected chi connectivity index (χ0v) is 18.8.